The van der Waals surface area contributed by atoms with E-state index < -0.39 is 0 Å². The molecule has 4 heteroatoms. The van der Waals surface area contributed by atoms with Crippen LogP contribution in [0.1, 0.15) is 29.6 Å². The lowest BCUT2D eigenvalue weighted by molar-refractivity contribution is 0.0748. The Morgan fingerprint density at radius 3 is 3.05 bits per heavy atom. The van der Waals surface area contributed by atoms with Gasteiger partial charge < -0.3 is 10.2 Å². The van der Waals surface area contributed by atoms with Crippen LogP contribution in [-0.4, -0.2) is 36.0 Å². The molecule has 4 rings (SSSR count). The molecule has 104 valence electrons. The zero-order chi connectivity index (χ0) is 13.5. The van der Waals surface area contributed by atoms with Crippen LogP contribution in [0, 0.1) is 0 Å². The van der Waals surface area contributed by atoms with Gasteiger partial charge >= 0.3 is 0 Å². The zero-order valence-electron chi connectivity index (χ0n) is 11.3. The Balaban J connectivity index is 1.59. The molecule has 0 radical (unpaired) electrons. The maximum absolute atomic E-state index is 12.7. The SMILES string of the molecule is O=C(c1ccc2sccc2c1)N1CCC2CCC(C1)N2. The number of carbonyl (C=O) groups excluding carboxylic acids is 1. The minimum atomic E-state index is 0.187. The van der Waals surface area contributed by atoms with Crippen LogP contribution in [0.15, 0.2) is 29.6 Å². The molecular weight excluding hydrogens is 268 g/mol. The van der Waals surface area contributed by atoms with Gasteiger partial charge in [-0.05, 0) is 54.3 Å². The van der Waals surface area contributed by atoms with E-state index in [1.165, 1.54) is 22.9 Å². The monoisotopic (exact) mass is 286 g/mol. The van der Waals surface area contributed by atoms with E-state index in [4.69, 9.17) is 0 Å². The molecule has 2 bridgehead atoms. The van der Waals surface area contributed by atoms with E-state index in [2.05, 4.69) is 22.8 Å². The first-order valence-corrected chi connectivity index (χ1v) is 8.20. The van der Waals surface area contributed by atoms with Crippen molar-refractivity contribution in [3.8, 4) is 0 Å². The molecule has 1 amide bonds. The normalized spacial score (nSPS) is 25.9. The summed E-state index contributed by atoms with van der Waals surface area (Å²) in [5, 5.41) is 6.88. The Morgan fingerprint density at radius 2 is 2.10 bits per heavy atom. The van der Waals surface area contributed by atoms with Crippen molar-refractivity contribution >= 4 is 27.3 Å². The number of nitrogens with one attached hydrogen (secondary N) is 1. The lowest BCUT2D eigenvalue weighted by Gasteiger charge is -2.24. The number of amides is 1. The number of fused-ring (bicyclic) bond motifs is 3. The summed E-state index contributed by atoms with van der Waals surface area (Å²) in [6.07, 6.45) is 3.56. The van der Waals surface area contributed by atoms with E-state index in [1.54, 1.807) is 11.3 Å². The first-order valence-electron chi connectivity index (χ1n) is 7.32. The minimum absolute atomic E-state index is 0.187. The summed E-state index contributed by atoms with van der Waals surface area (Å²) in [6.45, 7) is 1.74. The van der Waals surface area contributed by atoms with Gasteiger partial charge in [-0.2, -0.15) is 0 Å². The van der Waals surface area contributed by atoms with E-state index in [-0.39, 0.29) is 5.91 Å². The van der Waals surface area contributed by atoms with Crippen LogP contribution in [0.2, 0.25) is 0 Å². The van der Waals surface area contributed by atoms with E-state index in [0.29, 0.717) is 12.1 Å². The van der Waals surface area contributed by atoms with Crippen LogP contribution in [0.4, 0.5) is 0 Å². The van der Waals surface area contributed by atoms with Crippen molar-refractivity contribution in [2.45, 2.75) is 31.3 Å². The van der Waals surface area contributed by atoms with Gasteiger partial charge in [0.05, 0.1) is 0 Å². The highest BCUT2D eigenvalue weighted by Crippen LogP contribution is 2.24. The van der Waals surface area contributed by atoms with Crippen molar-refractivity contribution in [1.29, 1.82) is 0 Å². The van der Waals surface area contributed by atoms with Crippen LogP contribution < -0.4 is 5.32 Å². The highest BCUT2D eigenvalue weighted by atomic mass is 32.1. The Hall–Kier alpha value is -1.39. The molecule has 2 unspecified atom stereocenters. The van der Waals surface area contributed by atoms with Gasteiger partial charge in [0.2, 0.25) is 0 Å². The molecule has 2 fully saturated rings. The molecule has 3 heterocycles. The van der Waals surface area contributed by atoms with Crippen molar-refractivity contribution in [2.75, 3.05) is 13.1 Å². The molecule has 1 aromatic carbocycles. The summed E-state index contributed by atoms with van der Waals surface area (Å²) < 4.78 is 1.25. The smallest absolute Gasteiger partial charge is 0.253 e. The number of rotatable bonds is 1. The van der Waals surface area contributed by atoms with Gasteiger partial charge in [0.1, 0.15) is 0 Å². The number of benzene rings is 1. The number of nitrogens with zero attached hydrogens (tertiary/aromatic N) is 1. The fourth-order valence-electron chi connectivity index (χ4n) is 3.41. The average Bonchev–Trinajstić information content (AvgIpc) is 3.03. The van der Waals surface area contributed by atoms with Crippen molar-refractivity contribution in [2.24, 2.45) is 0 Å². The van der Waals surface area contributed by atoms with Gasteiger partial charge in [-0.3, -0.25) is 4.79 Å². The van der Waals surface area contributed by atoms with Crippen LogP contribution >= 0.6 is 11.3 Å². The van der Waals surface area contributed by atoms with Crippen LogP contribution in [0.5, 0.6) is 0 Å². The second-order valence-electron chi connectivity index (χ2n) is 5.85. The third kappa shape index (κ3) is 2.13. The topological polar surface area (TPSA) is 32.3 Å². The lowest BCUT2D eigenvalue weighted by atomic mass is 10.1. The maximum atomic E-state index is 12.7. The molecule has 1 aromatic heterocycles. The van der Waals surface area contributed by atoms with Gasteiger partial charge in [0, 0.05) is 35.4 Å². The molecule has 2 atom stereocenters. The van der Waals surface area contributed by atoms with E-state index in [1.807, 2.05) is 17.0 Å². The molecular formula is C16H18N2OS. The fourth-order valence-corrected chi connectivity index (χ4v) is 4.18. The Labute approximate surface area is 122 Å². The number of hydrogen-bond acceptors (Lipinski definition) is 3. The molecule has 2 saturated heterocycles. The fraction of sp³-hybridized carbons (Fsp3) is 0.438. The van der Waals surface area contributed by atoms with Gasteiger partial charge in [-0.1, -0.05) is 0 Å². The van der Waals surface area contributed by atoms with E-state index >= 15 is 0 Å². The molecule has 3 nitrogen and oxygen atoms in total. The first kappa shape index (κ1) is 12.4. The summed E-state index contributed by atoms with van der Waals surface area (Å²) in [7, 11) is 0. The molecule has 1 N–H and O–H groups in total. The highest BCUT2D eigenvalue weighted by molar-refractivity contribution is 7.17. The summed E-state index contributed by atoms with van der Waals surface area (Å²) in [6, 6.07) is 9.27. The van der Waals surface area contributed by atoms with Gasteiger partial charge in [0.25, 0.3) is 5.91 Å². The molecule has 2 aromatic rings. The predicted octanol–water partition coefficient (Wildman–Crippen LogP) is 2.87. The Morgan fingerprint density at radius 1 is 1.20 bits per heavy atom. The van der Waals surface area contributed by atoms with Gasteiger partial charge in [-0.25, -0.2) is 0 Å². The van der Waals surface area contributed by atoms with Crippen molar-refractivity contribution in [3.63, 3.8) is 0 Å². The Bertz CT molecular complexity index is 651. The molecule has 0 saturated carbocycles. The molecule has 0 aliphatic carbocycles. The molecule has 2 aliphatic heterocycles. The summed E-state index contributed by atoms with van der Waals surface area (Å²) in [5.74, 6) is 0.187. The Kier molecular flexibility index (Phi) is 3.00. The third-order valence-corrected chi connectivity index (χ3v) is 5.41. The number of carbonyl (C=O) groups is 1. The molecule has 2 aliphatic rings. The second kappa shape index (κ2) is 4.86. The number of likely N-dealkylation sites (tertiary alicyclic amines) is 1. The third-order valence-electron chi connectivity index (χ3n) is 4.51. The second-order valence-corrected chi connectivity index (χ2v) is 6.80. The highest BCUT2D eigenvalue weighted by Gasteiger charge is 2.31. The minimum Gasteiger partial charge on any atom is -0.337 e. The van der Waals surface area contributed by atoms with Gasteiger partial charge in [0.15, 0.2) is 0 Å². The van der Waals surface area contributed by atoms with Crippen LogP contribution in [0.3, 0.4) is 0 Å². The largest absolute Gasteiger partial charge is 0.337 e. The summed E-state index contributed by atoms with van der Waals surface area (Å²) in [4.78, 5) is 14.7. The van der Waals surface area contributed by atoms with Crippen molar-refractivity contribution in [1.82, 2.24) is 10.2 Å². The summed E-state index contributed by atoms with van der Waals surface area (Å²) in [5.41, 5.74) is 0.827. The quantitative estimate of drug-likeness (QED) is 0.874. The van der Waals surface area contributed by atoms with Crippen LogP contribution in [-0.2, 0) is 0 Å². The summed E-state index contributed by atoms with van der Waals surface area (Å²) >= 11 is 1.72. The van der Waals surface area contributed by atoms with Gasteiger partial charge in [-0.15, -0.1) is 11.3 Å². The maximum Gasteiger partial charge on any atom is 0.253 e. The standard InChI is InChI=1S/C16H18N2OS/c19-16(12-1-4-15-11(9-12)6-8-20-15)18-7-5-13-2-3-14(10-18)17-13/h1,4,6,8-9,13-14,17H,2-3,5,7,10H2. The predicted molar refractivity (Wildman–Crippen MR) is 82.3 cm³/mol. The molecule has 0 spiro atoms. The van der Waals surface area contributed by atoms with Crippen molar-refractivity contribution < 1.29 is 4.79 Å². The van der Waals surface area contributed by atoms with Crippen molar-refractivity contribution in [3.05, 3.63) is 35.2 Å². The lowest BCUT2D eigenvalue weighted by Crippen LogP contribution is -2.39. The molecule has 20 heavy (non-hydrogen) atoms. The number of thiophene rings is 1. The zero-order valence-corrected chi connectivity index (χ0v) is 12.2. The number of hydrogen-bond donors (Lipinski definition) is 1. The van der Waals surface area contributed by atoms with E-state index in [9.17, 15) is 4.79 Å². The van der Waals surface area contributed by atoms with Crippen LogP contribution in [0.25, 0.3) is 10.1 Å². The van der Waals surface area contributed by atoms with E-state index in [0.717, 1.165) is 25.1 Å². The average molecular weight is 286 g/mol. The first-order chi connectivity index (χ1) is 9.79.